The number of benzene rings is 2. The minimum atomic E-state index is -0.634. The molecule has 1 heterocycles. The highest BCUT2D eigenvalue weighted by atomic mass is 79.9. The number of ether oxygens (including phenoxy) is 1. The fourth-order valence-corrected chi connectivity index (χ4v) is 3.86. The van der Waals surface area contributed by atoms with Crippen LogP contribution in [0.25, 0.3) is 0 Å². The molecule has 7 heteroatoms. The highest BCUT2D eigenvalue weighted by molar-refractivity contribution is 9.10. The molecule has 1 atom stereocenters. The molecule has 3 aromatic rings. The summed E-state index contributed by atoms with van der Waals surface area (Å²) in [5.74, 6) is 0.432. The third-order valence-corrected chi connectivity index (χ3v) is 5.47. The minimum absolute atomic E-state index is 0.206. The summed E-state index contributed by atoms with van der Waals surface area (Å²) in [5, 5.41) is 3.62. The molecule has 2 aromatic carbocycles. The molecule has 0 radical (unpaired) electrons. The summed E-state index contributed by atoms with van der Waals surface area (Å²) in [4.78, 5) is 22.0. The Morgan fingerprint density at radius 1 is 1.14 bits per heavy atom. The van der Waals surface area contributed by atoms with Crippen molar-refractivity contribution in [1.29, 1.82) is 0 Å². The highest BCUT2D eigenvalue weighted by Crippen LogP contribution is 2.29. The molecule has 0 aliphatic carbocycles. The zero-order valence-electron chi connectivity index (χ0n) is 15.8. The third-order valence-electron chi connectivity index (χ3n) is 3.97. The van der Waals surface area contributed by atoms with Crippen LogP contribution in [0.4, 0.5) is 5.69 Å². The topological polar surface area (TPSA) is 64.1 Å². The highest BCUT2D eigenvalue weighted by Gasteiger charge is 2.17. The monoisotopic (exact) mass is 457 g/mol. The molecular weight excluding hydrogens is 438 g/mol. The molecule has 0 saturated carbocycles. The van der Waals surface area contributed by atoms with Gasteiger partial charge in [0, 0.05) is 23.0 Å². The summed E-state index contributed by atoms with van der Waals surface area (Å²) < 4.78 is 6.62. The van der Waals surface area contributed by atoms with Crippen molar-refractivity contribution in [2.75, 3.05) is 5.32 Å². The number of nitrogens with one attached hydrogen (secondary N) is 1. The molecule has 3 rings (SSSR count). The normalized spacial score (nSPS) is 11.7. The Morgan fingerprint density at radius 3 is 2.57 bits per heavy atom. The Morgan fingerprint density at radius 2 is 1.89 bits per heavy atom. The Hall–Kier alpha value is -2.38. The van der Waals surface area contributed by atoms with Crippen LogP contribution in [0.5, 0.6) is 5.75 Å². The maximum absolute atomic E-state index is 12.5. The average Bonchev–Trinajstić information content (AvgIpc) is 2.67. The minimum Gasteiger partial charge on any atom is -0.480 e. The average molecular weight is 458 g/mol. The number of nitrogens with zero attached hydrogens (tertiary/aromatic N) is 2. The SMILES string of the molecule is Cc1ccc(OC(C)C(=O)Nc2ccc(Sc3ncccn3)cc2C)c(Br)c1. The zero-order valence-corrected chi connectivity index (χ0v) is 18.2. The number of hydrogen-bond acceptors (Lipinski definition) is 5. The number of aryl methyl sites for hydroxylation is 2. The van der Waals surface area contributed by atoms with Gasteiger partial charge in [-0.15, -0.1) is 0 Å². The second-order valence-corrected chi connectivity index (χ2v) is 8.19. The molecule has 0 aliphatic rings. The number of aromatic nitrogens is 2. The first-order chi connectivity index (χ1) is 13.4. The number of carbonyl (C=O) groups is 1. The molecule has 144 valence electrons. The molecule has 0 saturated heterocycles. The van der Waals surface area contributed by atoms with Gasteiger partial charge in [0.25, 0.3) is 5.91 Å². The van der Waals surface area contributed by atoms with E-state index in [1.54, 1.807) is 25.4 Å². The van der Waals surface area contributed by atoms with Crippen molar-refractivity contribution in [3.8, 4) is 5.75 Å². The number of halogens is 1. The Kier molecular flexibility index (Phi) is 6.70. The molecule has 28 heavy (non-hydrogen) atoms. The van der Waals surface area contributed by atoms with E-state index >= 15 is 0 Å². The van der Waals surface area contributed by atoms with Crippen molar-refractivity contribution >= 4 is 39.3 Å². The molecule has 0 fully saturated rings. The van der Waals surface area contributed by atoms with Gasteiger partial charge in [0.15, 0.2) is 11.3 Å². The third kappa shape index (κ3) is 5.33. The van der Waals surface area contributed by atoms with Gasteiger partial charge in [-0.2, -0.15) is 0 Å². The van der Waals surface area contributed by atoms with Crippen molar-refractivity contribution in [3.05, 3.63) is 70.5 Å². The van der Waals surface area contributed by atoms with Crippen LogP contribution in [0.3, 0.4) is 0 Å². The first-order valence-electron chi connectivity index (χ1n) is 8.71. The van der Waals surface area contributed by atoms with E-state index in [9.17, 15) is 4.79 Å². The molecule has 1 amide bonds. The lowest BCUT2D eigenvalue weighted by Crippen LogP contribution is -2.30. The van der Waals surface area contributed by atoms with E-state index in [0.29, 0.717) is 10.9 Å². The van der Waals surface area contributed by atoms with Crippen molar-refractivity contribution in [1.82, 2.24) is 9.97 Å². The van der Waals surface area contributed by atoms with Gasteiger partial charge in [0.05, 0.1) is 4.47 Å². The summed E-state index contributed by atoms with van der Waals surface area (Å²) >= 11 is 4.94. The molecule has 1 aromatic heterocycles. The summed E-state index contributed by atoms with van der Waals surface area (Å²) in [6, 6.07) is 13.4. The molecule has 0 spiro atoms. The van der Waals surface area contributed by atoms with Gasteiger partial charge in [-0.1, -0.05) is 6.07 Å². The standard InChI is InChI=1S/C21H20BrN3O2S/c1-13-5-8-19(17(22)11-13)27-15(3)20(26)25-18-7-6-16(12-14(18)2)28-21-23-9-4-10-24-21/h4-12,15H,1-3H3,(H,25,26). The van der Waals surface area contributed by atoms with E-state index in [2.05, 4.69) is 31.2 Å². The number of rotatable bonds is 6. The van der Waals surface area contributed by atoms with E-state index in [4.69, 9.17) is 4.74 Å². The number of amides is 1. The van der Waals surface area contributed by atoms with E-state index in [1.807, 2.05) is 50.2 Å². The van der Waals surface area contributed by atoms with Gasteiger partial charge in [0.2, 0.25) is 0 Å². The van der Waals surface area contributed by atoms with Crippen molar-refractivity contribution < 1.29 is 9.53 Å². The molecule has 0 aliphatic heterocycles. The van der Waals surface area contributed by atoms with E-state index in [1.165, 1.54) is 11.8 Å². The Balaban J connectivity index is 1.64. The lowest BCUT2D eigenvalue weighted by Gasteiger charge is -2.17. The van der Waals surface area contributed by atoms with Gasteiger partial charge < -0.3 is 10.1 Å². The van der Waals surface area contributed by atoms with E-state index < -0.39 is 6.10 Å². The fraction of sp³-hybridized carbons (Fsp3) is 0.190. The smallest absolute Gasteiger partial charge is 0.265 e. The second-order valence-electron chi connectivity index (χ2n) is 6.29. The Bertz CT molecular complexity index is 983. The van der Waals surface area contributed by atoms with Gasteiger partial charge >= 0.3 is 0 Å². The van der Waals surface area contributed by atoms with Crippen LogP contribution in [-0.4, -0.2) is 22.0 Å². The molecule has 5 nitrogen and oxygen atoms in total. The van der Waals surface area contributed by atoms with Crippen LogP contribution >= 0.6 is 27.7 Å². The predicted molar refractivity (Wildman–Crippen MR) is 115 cm³/mol. The first-order valence-corrected chi connectivity index (χ1v) is 10.3. The van der Waals surface area contributed by atoms with Crippen LogP contribution in [0.1, 0.15) is 18.1 Å². The van der Waals surface area contributed by atoms with Gasteiger partial charge in [-0.25, -0.2) is 9.97 Å². The summed E-state index contributed by atoms with van der Waals surface area (Å²) in [6.07, 6.45) is 2.79. The van der Waals surface area contributed by atoms with Crippen molar-refractivity contribution in [3.63, 3.8) is 0 Å². The van der Waals surface area contributed by atoms with Gasteiger partial charge in [-0.3, -0.25) is 4.79 Å². The maximum Gasteiger partial charge on any atom is 0.265 e. The lowest BCUT2D eigenvalue weighted by molar-refractivity contribution is -0.122. The second kappa shape index (κ2) is 9.21. The van der Waals surface area contributed by atoms with Crippen LogP contribution < -0.4 is 10.1 Å². The van der Waals surface area contributed by atoms with E-state index in [0.717, 1.165) is 26.2 Å². The number of anilines is 1. The van der Waals surface area contributed by atoms with Crippen molar-refractivity contribution in [2.45, 2.75) is 36.9 Å². The largest absolute Gasteiger partial charge is 0.480 e. The quantitative estimate of drug-likeness (QED) is 0.501. The first kappa shape index (κ1) is 20.4. The lowest BCUT2D eigenvalue weighted by atomic mass is 10.2. The van der Waals surface area contributed by atoms with Crippen molar-refractivity contribution in [2.24, 2.45) is 0 Å². The predicted octanol–water partition coefficient (Wildman–Crippen LogP) is 5.41. The molecule has 0 bridgehead atoms. The van der Waals surface area contributed by atoms with Crippen LogP contribution in [0, 0.1) is 13.8 Å². The Labute approximate surface area is 177 Å². The summed E-state index contributed by atoms with van der Waals surface area (Å²) in [7, 11) is 0. The fourth-order valence-electron chi connectivity index (χ4n) is 2.46. The summed E-state index contributed by atoms with van der Waals surface area (Å²) in [5.41, 5.74) is 2.82. The summed E-state index contributed by atoms with van der Waals surface area (Å²) in [6.45, 7) is 5.68. The molecule has 1 N–H and O–H groups in total. The van der Waals surface area contributed by atoms with Crippen LogP contribution in [-0.2, 0) is 4.79 Å². The number of carbonyl (C=O) groups excluding carboxylic acids is 1. The van der Waals surface area contributed by atoms with Crippen LogP contribution in [0.2, 0.25) is 0 Å². The zero-order chi connectivity index (χ0) is 20.1. The molecular formula is C21H20BrN3O2S. The van der Waals surface area contributed by atoms with Crippen LogP contribution in [0.15, 0.2) is 69.4 Å². The van der Waals surface area contributed by atoms with Gasteiger partial charge in [0.1, 0.15) is 5.75 Å². The van der Waals surface area contributed by atoms with E-state index in [-0.39, 0.29) is 5.91 Å². The number of hydrogen-bond donors (Lipinski definition) is 1. The van der Waals surface area contributed by atoms with Gasteiger partial charge in [-0.05, 0) is 96.0 Å². The molecule has 1 unspecified atom stereocenters. The maximum atomic E-state index is 12.5.